The van der Waals surface area contributed by atoms with Crippen molar-refractivity contribution in [2.24, 2.45) is 0 Å². The summed E-state index contributed by atoms with van der Waals surface area (Å²) in [5, 5.41) is 0.371. The van der Waals surface area contributed by atoms with E-state index in [1.807, 2.05) is 0 Å². The average Bonchev–Trinajstić information content (AvgIpc) is 1.99. The first-order valence-corrected chi connectivity index (χ1v) is 3.99. The fourth-order valence-corrected chi connectivity index (χ4v) is 1.23. The Bertz CT molecular complexity index is 266. The summed E-state index contributed by atoms with van der Waals surface area (Å²) in [4.78, 5) is 10.0. The second kappa shape index (κ2) is 4.21. The van der Waals surface area contributed by atoms with Crippen LogP contribution in [0.3, 0.4) is 0 Å². The van der Waals surface area contributed by atoms with Crippen LogP contribution >= 0.6 is 11.6 Å². The molecule has 0 aliphatic rings. The molecule has 0 fully saturated rings. The molecule has 0 amide bonds. The molecule has 0 aromatic heterocycles. The molecule has 0 aliphatic carbocycles. The van der Waals surface area contributed by atoms with E-state index in [9.17, 15) is 9.18 Å². The number of hydrogen-bond donors (Lipinski definition) is 0. The molecule has 3 heteroatoms. The second-order valence-electron chi connectivity index (χ2n) is 2.48. The molecule has 1 aromatic rings. The van der Waals surface area contributed by atoms with Crippen LogP contribution in [0.2, 0.25) is 5.02 Å². The summed E-state index contributed by atoms with van der Waals surface area (Å²) in [6.07, 6.45) is 1.75. The molecule has 0 radical (unpaired) electrons. The van der Waals surface area contributed by atoms with Crippen molar-refractivity contribution >= 4 is 17.9 Å². The van der Waals surface area contributed by atoms with Crippen molar-refractivity contribution in [3.63, 3.8) is 0 Å². The Kier molecular flexibility index (Phi) is 3.23. The number of aldehydes is 1. The van der Waals surface area contributed by atoms with Crippen molar-refractivity contribution in [1.29, 1.82) is 0 Å². The minimum atomic E-state index is -0.358. The van der Waals surface area contributed by atoms with Gasteiger partial charge in [0.25, 0.3) is 0 Å². The van der Waals surface area contributed by atoms with Gasteiger partial charge < -0.3 is 4.79 Å². The standard InChI is InChI=1S/C9H8ClFO/c10-8-4-7(2-1-3-12)5-9(11)6-8/h3-6H,1-2H2. The third-order valence-corrected chi connectivity index (χ3v) is 1.69. The first-order valence-electron chi connectivity index (χ1n) is 3.61. The van der Waals surface area contributed by atoms with Gasteiger partial charge in [0.2, 0.25) is 0 Å². The van der Waals surface area contributed by atoms with Gasteiger partial charge in [0.05, 0.1) is 0 Å². The number of rotatable bonds is 3. The first kappa shape index (κ1) is 9.20. The zero-order valence-corrected chi connectivity index (χ0v) is 7.14. The van der Waals surface area contributed by atoms with Gasteiger partial charge in [-0.3, -0.25) is 0 Å². The summed E-state index contributed by atoms with van der Waals surface area (Å²) in [6.45, 7) is 0. The highest BCUT2D eigenvalue weighted by atomic mass is 35.5. The molecule has 1 rings (SSSR count). The number of hydrogen-bond acceptors (Lipinski definition) is 1. The number of carbonyl (C=O) groups is 1. The third-order valence-electron chi connectivity index (χ3n) is 1.47. The molecule has 0 unspecified atom stereocenters. The van der Waals surface area contributed by atoms with Gasteiger partial charge in [-0.25, -0.2) is 4.39 Å². The molecule has 1 nitrogen and oxygen atoms in total. The maximum atomic E-state index is 12.7. The van der Waals surface area contributed by atoms with Gasteiger partial charge in [-0.1, -0.05) is 11.6 Å². The van der Waals surface area contributed by atoms with E-state index in [2.05, 4.69) is 0 Å². The highest BCUT2D eigenvalue weighted by molar-refractivity contribution is 6.30. The Labute approximate surface area is 75.2 Å². The lowest BCUT2D eigenvalue weighted by Gasteiger charge is -1.98. The van der Waals surface area contributed by atoms with Gasteiger partial charge in [0.1, 0.15) is 12.1 Å². The highest BCUT2D eigenvalue weighted by Gasteiger charge is 1.98. The predicted molar refractivity (Wildman–Crippen MR) is 45.8 cm³/mol. The lowest BCUT2D eigenvalue weighted by molar-refractivity contribution is -0.107. The van der Waals surface area contributed by atoms with Crippen molar-refractivity contribution in [2.75, 3.05) is 0 Å². The van der Waals surface area contributed by atoms with E-state index in [0.717, 1.165) is 11.8 Å². The fourth-order valence-electron chi connectivity index (χ4n) is 0.981. The minimum Gasteiger partial charge on any atom is -0.303 e. The van der Waals surface area contributed by atoms with Gasteiger partial charge in [0, 0.05) is 11.4 Å². The molecular formula is C9H8ClFO. The molecule has 0 saturated carbocycles. The average molecular weight is 187 g/mol. The summed E-state index contributed by atoms with van der Waals surface area (Å²) >= 11 is 5.60. The van der Waals surface area contributed by atoms with Crippen LogP contribution in [-0.4, -0.2) is 6.29 Å². The number of aryl methyl sites for hydroxylation is 1. The van der Waals surface area contributed by atoms with Gasteiger partial charge in [-0.15, -0.1) is 0 Å². The quantitative estimate of drug-likeness (QED) is 0.664. The van der Waals surface area contributed by atoms with Crippen LogP contribution in [0.5, 0.6) is 0 Å². The van der Waals surface area contributed by atoms with Crippen molar-refractivity contribution in [3.8, 4) is 0 Å². The zero-order chi connectivity index (χ0) is 8.97. The Morgan fingerprint density at radius 2 is 2.17 bits per heavy atom. The number of carbonyl (C=O) groups excluding carboxylic acids is 1. The predicted octanol–water partition coefficient (Wildman–Crippen LogP) is 2.61. The molecule has 0 spiro atoms. The van der Waals surface area contributed by atoms with E-state index in [-0.39, 0.29) is 5.82 Å². The van der Waals surface area contributed by atoms with Crippen LogP contribution < -0.4 is 0 Å². The third kappa shape index (κ3) is 2.62. The lowest BCUT2D eigenvalue weighted by atomic mass is 10.1. The summed E-state index contributed by atoms with van der Waals surface area (Å²) in [5.41, 5.74) is 0.757. The number of halogens is 2. The van der Waals surface area contributed by atoms with E-state index < -0.39 is 0 Å². The molecule has 0 N–H and O–H groups in total. The molecule has 12 heavy (non-hydrogen) atoms. The zero-order valence-electron chi connectivity index (χ0n) is 6.39. The van der Waals surface area contributed by atoms with Crippen molar-refractivity contribution in [1.82, 2.24) is 0 Å². The molecule has 0 bridgehead atoms. The van der Waals surface area contributed by atoms with Crippen LogP contribution in [0, 0.1) is 5.82 Å². The number of benzene rings is 1. The van der Waals surface area contributed by atoms with Gasteiger partial charge in [-0.2, -0.15) is 0 Å². The van der Waals surface area contributed by atoms with E-state index in [1.54, 1.807) is 6.07 Å². The molecule has 64 valence electrons. The lowest BCUT2D eigenvalue weighted by Crippen LogP contribution is -1.87. The molecule has 0 aliphatic heterocycles. The molecule has 0 saturated heterocycles. The summed E-state index contributed by atoms with van der Waals surface area (Å²) < 4.78 is 12.7. The van der Waals surface area contributed by atoms with Crippen molar-refractivity contribution in [3.05, 3.63) is 34.6 Å². The monoisotopic (exact) mass is 186 g/mol. The van der Waals surface area contributed by atoms with Crippen LogP contribution in [0.15, 0.2) is 18.2 Å². The molecule has 0 heterocycles. The van der Waals surface area contributed by atoms with Gasteiger partial charge >= 0.3 is 0 Å². The molecular weight excluding hydrogens is 179 g/mol. The van der Waals surface area contributed by atoms with Crippen molar-refractivity contribution < 1.29 is 9.18 Å². The summed E-state index contributed by atoms with van der Waals surface area (Å²) in [5.74, 6) is -0.358. The van der Waals surface area contributed by atoms with E-state index in [0.29, 0.717) is 17.9 Å². The normalized spacial score (nSPS) is 9.83. The van der Waals surface area contributed by atoms with Gasteiger partial charge in [0.15, 0.2) is 0 Å². The fraction of sp³-hybridized carbons (Fsp3) is 0.222. The smallest absolute Gasteiger partial charge is 0.124 e. The first-order chi connectivity index (χ1) is 5.72. The topological polar surface area (TPSA) is 17.1 Å². The van der Waals surface area contributed by atoms with Crippen LogP contribution in [0.25, 0.3) is 0 Å². The largest absolute Gasteiger partial charge is 0.303 e. The summed E-state index contributed by atoms with van der Waals surface area (Å²) in [6, 6.07) is 4.29. The Balaban J connectivity index is 2.78. The maximum Gasteiger partial charge on any atom is 0.124 e. The molecule has 0 atom stereocenters. The summed E-state index contributed by atoms with van der Waals surface area (Å²) in [7, 11) is 0. The SMILES string of the molecule is O=CCCc1cc(F)cc(Cl)c1. The highest BCUT2D eigenvalue weighted by Crippen LogP contribution is 2.14. The Hall–Kier alpha value is -0.890. The van der Waals surface area contributed by atoms with Crippen molar-refractivity contribution in [2.45, 2.75) is 12.8 Å². The second-order valence-corrected chi connectivity index (χ2v) is 2.92. The van der Waals surface area contributed by atoms with E-state index in [1.165, 1.54) is 12.1 Å². The van der Waals surface area contributed by atoms with E-state index >= 15 is 0 Å². The Morgan fingerprint density at radius 1 is 1.42 bits per heavy atom. The Morgan fingerprint density at radius 3 is 2.75 bits per heavy atom. The van der Waals surface area contributed by atoms with Crippen LogP contribution in [0.4, 0.5) is 4.39 Å². The van der Waals surface area contributed by atoms with E-state index in [4.69, 9.17) is 11.6 Å². The molecule has 1 aromatic carbocycles. The van der Waals surface area contributed by atoms with Gasteiger partial charge in [-0.05, 0) is 30.2 Å². The maximum absolute atomic E-state index is 12.7. The minimum absolute atomic E-state index is 0.358. The van der Waals surface area contributed by atoms with Crippen LogP contribution in [0.1, 0.15) is 12.0 Å². The van der Waals surface area contributed by atoms with Crippen LogP contribution in [-0.2, 0) is 11.2 Å².